The Morgan fingerprint density at radius 3 is 2.48 bits per heavy atom. The maximum absolute atomic E-state index is 11.8. The summed E-state index contributed by atoms with van der Waals surface area (Å²) in [7, 11) is 1.53. The lowest BCUT2D eigenvalue weighted by molar-refractivity contribution is -0.157. The van der Waals surface area contributed by atoms with Crippen LogP contribution in [0.3, 0.4) is 0 Å². The molecule has 0 aliphatic heterocycles. The number of nitriles is 2. The van der Waals surface area contributed by atoms with Gasteiger partial charge in [0.1, 0.15) is 5.75 Å². The number of amides is 1. The van der Waals surface area contributed by atoms with Crippen LogP contribution in [0.25, 0.3) is 0 Å². The van der Waals surface area contributed by atoms with Gasteiger partial charge in [-0.15, -0.1) is 0 Å². The van der Waals surface area contributed by atoms with Gasteiger partial charge in [-0.25, -0.2) is 4.79 Å². The van der Waals surface area contributed by atoms with Gasteiger partial charge in [-0.3, -0.25) is 4.79 Å². The average molecular weight is 315 g/mol. The van der Waals surface area contributed by atoms with Crippen LogP contribution in [0, 0.1) is 22.7 Å². The first kappa shape index (κ1) is 18.0. The van der Waals surface area contributed by atoms with Gasteiger partial charge < -0.3 is 14.4 Å². The van der Waals surface area contributed by atoms with Gasteiger partial charge >= 0.3 is 5.97 Å². The van der Waals surface area contributed by atoms with E-state index in [1.165, 1.54) is 18.9 Å². The largest absolute Gasteiger partial charge is 0.479 e. The van der Waals surface area contributed by atoms with Gasteiger partial charge in [0.2, 0.25) is 0 Å². The number of hydrogen-bond acceptors (Lipinski definition) is 6. The first-order chi connectivity index (χ1) is 11.0. The number of benzene rings is 1. The molecule has 120 valence electrons. The van der Waals surface area contributed by atoms with Crippen LogP contribution in [0.2, 0.25) is 0 Å². The molecule has 1 atom stereocenters. The molecule has 0 N–H and O–H groups in total. The summed E-state index contributed by atoms with van der Waals surface area (Å²) in [6, 6.07) is 10.2. The number of rotatable bonds is 7. The number of nitrogens with zero attached hydrogens (tertiary/aromatic N) is 3. The smallest absolute Gasteiger partial charge is 0.347 e. The highest BCUT2D eigenvalue weighted by atomic mass is 16.6. The molecule has 0 bridgehead atoms. The molecule has 23 heavy (non-hydrogen) atoms. The molecule has 0 radical (unpaired) electrons. The fourth-order valence-corrected chi connectivity index (χ4v) is 1.56. The quantitative estimate of drug-likeness (QED) is 0.701. The van der Waals surface area contributed by atoms with Crippen molar-refractivity contribution >= 4 is 11.9 Å². The fourth-order valence-electron chi connectivity index (χ4n) is 1.56. The maximum atomic E-state index is 11.8. The molecule has 1 aromatic rings. The molecular weight excluding hydrogens is 298 g/mol. The Bertz CT molecular complexity index is 628. The highest BCUT2D eigenvalue weighted by Crippen LogP contribution is 2.13. The standard InChI is InChI=1S/C16H17N3O4/c1-12(23-14-6-4-13(10-18)5-7-14)16(21)22-11-15(20)19(2)9-3-8-17/h4-7,12H,3,9,11H2,1-2H3/t12-/m0/s1. The van der Waals surface area contributed by atoms with E-state index in [0.29, 0.717) is 11.3 Å². The van der Waals surface area contributed by atoms with Crippen LogP contribution in [-0.2, 0) is 14.3 Å². The molecule has 1 amide bonds. The summed E-state index contributed by atoms with van der Waals surface area (Å²) in [5, 5.41) is 17.2. The Morgan fingerprint density at radius 2 is 1.91 bits per heavy atom. The van der Waals surface area contributed by atoms with Gasteiger partial charge in [0, 0.05) is 13.6 Å². The van der Waals surface area contributed by atoms with E-state index in [1.807, 2.05) is 12.1 Å². The van der Waals surface area contributed by atoms with E-state index < -0.39 is 18.7 Å². The zero-order valence-electron chi connectivity index (χ0n) is 13.0. The molecule has 0 aliphatic rings. The van der Waals surface area contributed by atoms with Gasteiger partial charge in [0.15, 0.2) is 12.7 Å². The first-order valence-corrected chi connectivity index (χ1v) is 6.92. The van der Waals surface area contributed by atoms with E-state index >= 15 is 0 Å². The molecule has 0 heterocycles. The van der Waals surface area contributed by atoms with Crippen molar-refractivity contribution in [2.24, 2.45) is 0 Å². The van der Waals surface area contributed by atoms with Gasteiger partial charge in [-0.05, 0) is 31.2 Å². The van der Waals surface area contributed by atoms with Crippen molar-refractivity contribution in [2.75, 3.05) is 20.2 Å². The molecule has 0 saturated heterocycles. The van der Waals surface area contributed by atoms with Crippen LogP contribution in [0.4, 0.5) is 0 Å². The van der Waals surface area contributed by atoms with Crippen molar-refractivity contribution in [1.82, 2.24) is 4.90 Å². The maximum Gasteiger partial charge on any atom is 0.347 e. The second-order valence-corrected chi connectivity index (χ2v) is 4.73. The van der Waals surface area contributed by atoms with E-state index in [4.69, 9.17) is 20.0 Å². The van der Waals surface area contributed by atoms with Crippen molar-refractivity contribution in [2.45, 2.75) is 19.4 Å². The summed E-state index contributed by atoms with van der Waals surface area (Å²) in [6.07, 6.45) is -0.672. The lowest BCUT2D eigenvalue weighted by Crippen LogP contribution is -2.34. The highest BCUT2D eigenvalue weighted by molar-refractivity contribution is 5.81. The Balaban J connectivity index is 2.43. The van der Waals surface area contributed by atoms with Crippen molar-refractivity contribution in [3.05, 3.63) is 29.8 Å². The molecule has 0 saturated carbocycles. The summed E-state index contributed by atoms with van der Waals surface area (Å²) in [5.74, 6) is -0.638. The summed E-state index contributed by atoms with van der Waals surface area (Å²) in [6.45, 7) is 1.39. The van der Waals surface area contributed by atoms with Gasteiger partial charge in [-0.1, -0.05) is 0 Å². The Hall–Kier alpha value is -3.06. The van der Waals surface area contributed by atoms with Gasteiger partial charge in [0.25, 0.3) is 5.91 Å². The van der Waals surface area contributed by atoms with Crippen LogP contribution < -0.4 is 4.74 Å². The Morgan fingerprint density at radius 1 is 1.26 bits per heavy atom. The third kappa shape index (κ3) is 6.06. The van der Waals surface area contributed by atoms with Crippen LogP contribution in [0.1, 0.15) is 18.9 Å². The van der Waals surface area contributed by atoms with Crippen molar-refractivity contribution < 1.29 is 19.1 Å². The summed E-state index contributed by atoms with van der Waals surface area (Å²) < 4.78 is 10.3. The Kier molecular flexibility index (Phi) is 7.09. The minimum atomic E-state index is -0.889. The first-order valence-electron chi connectivity index (χ1n) is 6.92. The molecule has 0 spiro atoms. The number of carbonyl (C=O) groups is 2. The molecule has 0 aromatic heterocycles. The van der Waals surface area contributed by atoms with E-state index in [2.05, 4.69) is 0 Å². The number of esters is 1. The van der Waals surface area contributed by atoms with Crippen LogP contribution in [0.15, 0.2) is 24.3 Å². The highest BCUT2D eigenvalue weighted by Gasteiger charge is 2.19. The number of likely N-dealkylation sites (N-methyl/N-ethyl adjacent to an activating group) is 1. The van der Waals surface area contributed by atoms with E-state index in [0.717, 1.165) is 0 Å². The summed E-state index contributed by atoms with van der Waals surface area (Å²) in [5.41, 5.74) is 0.485. The molecule has 1 rings (SSSR count). The molecule has 7 heteroatoms. The minimum absolute atomic E-state index is 0.217. The monoisotopic (exact) mass is 315 g/mol. The van der Waals surface area contributed by atoms with Crippen LogP contribution >= 0.6 is 0 Å². The molecule has 0 unspecified atom stereocenters. The number of ether oxygens (including phenoxy) is 2. The predicted molar refractivity (Wildman–Crippen MR) is 80.1 cm³/mol. The molecule has 0 aliphatic carbocycles. The van der Waals surface area contributed by atoms with Gasteiger partial charge in [-0.2, -0.15) is 10.5 Å². The fraction of sp³-hybridized carbons (Fsp3) is 0.375. The molecular formula is C16H17N3O4. The molecule has 0 fully saturated rings. The lowest BCUT2D eigenvalue weighted by Gasteiger charge is -2.17. The third-order valence-electron chi connectivity index (χ3n) is 2.95. The number of hydrogen-bond donors (Lipinski definition) is 0. The van der Waals surface area contributed by atoms with Gasteiger partial charge in [0.05, 0.1) is 24.1 Å². The average Bonchev–Trinajstić information content (AvgIpc) is 2.57. The number of carbonyl (C=O) groups excluding carboxylic acids is 2. The Labute approximate surface area is 134 Å². The molecule has 1 aromatic carbocycles. The second-order valence-electron chi connectivity index (χ2n) is 4.73. The van der Waals surface area contributed by atoms with Crippen LogP contribution in [0.5, 0.6) is 5.75 Å². The summed E-state index contributed by atoms with van der Waals surface area (Å²) in [4.78, 5) is 24.8. The minimum Gasteiger partial charge on any atom is -0.479 e. The van der Waals surface area contributed by atoms with Crippen LogP contribution in [-0.4, -0.2) is 43.1 Å². The van der Waals surface area contributed by atoms with E-state index in [9.17, 15) is 9.59 Å². The van der Waals surface area contributed by atoms with E-state index in [-0.39, 0.29) is 18.9 Å². The summed E-state index contributed by atoms with van der Waals surface area (Å²) >= 11 is 0. The molecule has 7 nitrogen and oxygen atoms in total. The zero-order chi connectivity index (χ0) is 17.2. The van der Waals surface area contributed by atoms with Crippen molar-refractivity contribution in [3.63, 3.8) is 0 Å². The SMILES string of the molecule is C[C@H](Oc1ccc(C#N)cc1)C(=O)OCC(=O)N(C)CCC#N. The predicted octanol–water partition coefficient (Wildman–Crippen LogP) is 1.24. The van der Waals surface area contributed by atoms with Crippen molar-refractivity contribution in [3.8, 4) is 17.9 Å². The van der Waals surface area contributed by atoms with E-state index in [1.54, 1.807) is 24.3 Å². The second kappa shape index (κ2) is 9.06. The topological polar surface area (TPSA) is 103 Å². The van der Waals surface area contributed by atoms with Crippen molar-refractivity contribution in [1.29, 1.82) is 10.5 Å². The third-order valence-corrected chi connectivity index (χ3v) is 2.95. The zero-order valence-corrected chi connectivity index (χ0v) is 13.0. The normalized spacial score (nSPS) is 10.8. The lowest BCUT2D eigenvalue weighted by atomic mass is 10.2.